The van der Waals surface area contributed by atoms with E-state index in [1.807, 2.05) is 18.2 Å². The van der Waals surface area contributed by atoms with Gasteiger partial charge in [-0.15, -0.1) is 0 Å². The van der Waals surface area contributed by atoms with E-state index in [4.69, 9.17) is 9.47 Å². The molecule has 1 saturated heterocycles. The van der Waals surface area contributed by atoms with Crippen molar-refractivity contribution in [1.29, 1.82) is 0 Å². The van der Waals surface area contributed by atoms with Gasteiger partial charge in [-0.2, -0.15) is 0 Å². The molecule has 0 saturated carbocycles. The average Bonchev–Trinajstić information content (AvgIpc) is 2.53. The van der Waals surface area contributed by atoms with Crippen LogP contribution in [0.5, 0.6) is 11.5 Å². The molecule has 2 bridgehead atoms. The second-order valence-corrected chi connectivity index (χ2v) is 6.68. The minimum Gasteiger partial charge on any atom is -0.504 e. The highest BCUT2D eigenvalue weighted by Gasteiger charge is 2.55. The lowest BCUT2D eigenvalue weighted by Crippen LogP contribution is -2.60. The van der Waals surface area contributed by atoms with E-state index < -0.39 is 0 Å². The summed E-state index contributed by atoms with van der Waals surface area (Å²) >= 11 is 0. The van der Waals surface area contributed by atoms with Gasteiger partial charge in [0.05, 0.1) is 14.2 Å². The Morgan fingerprint density at radius 3 is 2.87 bits per heavy atom. The predicted octanol–water partition coefficient (Wildman–Crippen LogP) is 1.68. The summed E-state index contributed by atoms with van der Waals surface area (Å²) in [5.74, 6) is 1.28. The minimum absolute atomic E-state index is 0.0134. The monoisotopic (exact) mass is 315 g/mol. The molecular formula is C18H21NO4. The van der Waals surface area contributed by atoms with E-state index in [2.05, 4.69) is 5.32 Å². The van der Waals surface area contributed by atoms with Gasteiger partial charge in [0, 0.05) is 29.4 Å². The van der Waals surface area contributed by atoms with Crippen molar-refractivity contribution in [2.24, 2.45) is 5.92 Å². The van der Waals surface area contributed by atoms with Gasteiger partial charge in [0.2, 0.25) is 0 Å². The number of ketones is 1. The molecule has 0 unspecified atom stereocenters. The van der Waals surface area contributed by atoms with Gasteiger partial charge in [-0.1, -0.05) is 6.07 Å². The first-order valence-electron chi connectivity index (χ1n) is 8.02. The lowest BCUT2D eigenvalue weighted by molar-refractivity contribution is -0.122. The summed E-state index contributed by atoms with van der Waals surface area (Å²) in [4.78, 5) is 12.5. The normalized spacial score (nSPS) is 31.7. The number of Topliss-reactive ketones (excluding diaryl/α,β-unsaturated/α-hetero) is 1. The predicted molar refractivity (Wildman–Crippen MR) is 84.7 cm³/mol. The molecule has 0 spiro atoms. The van der Waals surface area contributed by atoms with E-state index in [1.165, 1.54) is 0 Å². The van der Waals surface area contributed by atoms with Gasteiger partial charge < -0.3 is 19.9 Å². The highest BCUT2D eigenvalue weighted by Crippen LogP contribution is 2.56. The molecule has 23 heavy (non-hydrogen) atoms. The third kappa shape index (κ3) is 1.86. The van der Waals surface area contributed by atoms with Crippen molar-refractivity contribution in [2.75, 3.05) is 20.8 Å². The van der Waals surface area contributed by atoms with E-state index in [-0.39, 0.29) is 28.9 Å². The third-order valence-electron chi connectivity index (χ3n) is 5.74. The van der Waals surface area contributed by atoms with Crippen molar-refractivity contribution in [3.63, 3.8) is 0 Å². The average molecular weight is 315 g/mol. The number of rotatable bonds is 2. The number of benzene rings is 1. The Labute approximate surface area is 135 Å². The van der Waals surface area contributed by atoms with Crippen molar-refractivity contribution in [1.82, 2.24) is 5.32 Å². The number of ether oxygens (including phenoxy) is 2. The fourth-order valence-electron chi connectivity index (χ4n) is 4.77. The van der Waals surface area contributed by atoms with Crippen LogP contribution in [0, 0.1) is 5.92 Å². The molecule has 0 aromatic heterocycles. The summed E-state index contributed by atoms with van der Waals surface area (Å²) in [5.41, 5.74) is 1.65. The van der Waals surface area contributed by atoms with Crippen LogP contribution in [0.1, 0.15) is 24.0 Å². The zero-order chi connectivity index (χ0) is 16.2. The maximum Gasteiger partial charge on any atom is 0.197 e. The van der Waals surface area contributed by atoms with Crippen LogP contribution in [0.2, 0.25) is 0 Å². The molecule has 1 fully saturated rings. The number of aromatic hydroxyl groups is 1. The number of carbonyl (C=O) groups excluding carboxylic acids is 1. The lowest BCUT2D eigenvalue weighted by atomic mass is 9.54. The largest absolute Gasteiger partial charge is 0.504 e. The molecule has 1 aromatic carbocycles. The number of methoxy groups -OCH3 is 2. The van der Waals surface area contributed by atoms with Crippen molar-refractivity contribution in [3.05, 3.63) is 35.1 Å². The fraction of sp³-hybridized carbons (Fsp3) is 0.500. The Bertz CT molecular complexity index is 711. The second-order valence-electron chi connectivity index (χ2n) is 6.68. The van der Waals surface area contributed by atoms with Gasteiger partial charge >= 0.3 is 0 Å². The molecule has 3 aliphatic rings. The van der Waals surface area contributed by atoms with Crippen LogP contribution in [-0.4, -0.2) is 37.7 Å². The van der Waals surface area contributed by atoms with Crippen LogP contribution in [-0.2, 0) is 21.4 Å². The van der Waals surface area contributed by atoms with Crippen LogP contribution in [0.25, 0.3) is 0 Å². The van der Waals surface area contributed by atoms with Crippen LogP contribution < -0.4 is 10.1 Å². The maximum atomic E-state index is 12.5. The van der Waals surface area contributed by atoms with Crippen LogP contribution in [0.3, 0.4) is 0 Å². The zero-order valence-electron chi connectivity index (χ0n) is 13.4. The van der Waals surface area contributed by atoms with Crippen LogP contribution in [0.15, 0.2) is 24.0 Å². The molecule has 4 rings (SSSR count). The number of fused-ring (bicyclic) bond motifs is 1. The smallest absolute Gasteiger partial charge is 0.197 e. The first kappa shape index (κ1) is 14.6. The third-order valence-corrected chi connectivity index (χ3v) is 5.74. The molecule has 122 valence electrons. The molecule has 1 aromatic rings. The van der Waals surface area contributed by atoms with Crippen molar-refractivity contribution >= 4 is 5.78 Å². The molecule has 0 radical (unpaired) electrons. The summed E-state index contributed by atoms with van der Waals surface area (Å²) in [6, 6.07) is 4.09. The molecule has 5 heteroatoms. The molecule has 5 nitrogen and oxygen atoms in total. The summed E-state index contributed by atoms with van der Waals surface area (Å²) in [5, 5.41) is 14.3. The van der Waals surface area contributed by atoms with E-state index in [0.29, 0.717) is 17.9 Å². The highest BCUT2D eigenvalue weighted by molar-refractivity contribution is 5.96. The Balaban J connectivity index is 1.96. The van der Waals surface area contributed by atoms with Gasteiger partial charge in [-0.25, -0.2) is 0 Å². The number of allylic oxidation sites excluding steroid dienone is 1. The number of hydrogen-bond acceptors (Lipinski definition) is 5. The summed E-state index contributed by atoms with van der Waals surface area (Å²) < 4.78 is 10.6. The number of hydrogen-bond donors (Lipinski definition) is 2. The van der Waals surface area contributed by atoms with E-state index in [9.17, 15) is 9.90 Å². The molecule has 2 aliphatic carbocycles. The molecule has 2 N–H and O–H groups in total. The van der Waals surface area contributed by atoms with Crippen molar-refractivity contribution in [3.8, 4) is 11.5 Å². The molecule has 3 atom stereocenters. The quantitative estimate of drug-likeness (QED) is 0.869. The molecular weight excluding hydrogens is 294 g/mol. The Hall–Kier alpha value is -2.01. The van der Waals surface area contributed by atoms with E-state index >= 15 is 0 Å². The SMILES string of the molecule is COC1=C[C@@H]2[C@@H]3Cc4ccc(OC)c(O)c4[C@]2(CCN3)CC1=O. The van der Waals surface area contributed by atoms with Crippen LogP contribution in [0.4, 0.5) is 0 Å². The Kier molecular flexibility index (Phi) is 3.17. The molecule has 0 amide bonds. The summed E-state index contributed by atoms with van der Waals surface area (Å²) in [6.45, 7) is 0.848. The topological polar surface area (TPSA) is 67.8 Å². The second kappa shape index (κ2) is 4.99. The number of phenolic OH excluding ortho intramolecular Hbond substituents is 1. The van der Waals surface area contributed by atoms with Gasteiger partial charge in [-0.05, 0) is 37.1 Å². The molecule has 1 aliphatic heterocycles. The molecule has 1 heterocycles. The summed E-state index contributed by atoms with van der Waals surface area (Å²) in [6.07, 6.45) is 4.00. The lowest BCUT2D eigenvalue weighted by Gasteiger charge is -2.53. The Morgan fingerprint density at radius 2 is 2.13 bits per heavy atom. The minimum atomic E-state index is -0.360. The van der Waals surface area contributed by atoms with Crippen LogP contribution >= 0.6 is 0 Å². The summed E-state index contributed by atoms with van der Waals surface area (Å²) in [7, 11) is 3.10. The first-order valence-corrected chi connectivity index (χ1v) is 8.02. The van der Waals surface area contributed by atoms with Crippen molar-refractivity contribution in [2.45, 2.75) is 30.7 Å². The first-order chi connectivity index (χ1) is 11.1. The highest BCUT2D eigenvalue weighted by atomic mass is 16.5. The Morgan fingerprint density at radius 1 is 1.30 bits per heavy atom. The maximum absolute atomic E-state index is 12.5. The standard InChI is InChI=1S/C18H21NO4/c1-22-14-4-3-10-7-12-11-8-15(23-2)13(20)9-18(11,5-6-19-12)16(10)17(14)21/h3-4,8,11-12,19,21H,5-7,9H2,1-2H3/t11-,12+,18-/m1/s1. The number of piperidine rings is 1. The number of nitrogens with one attached hydrogen (secondary N) is 1. The number of carbonyl (C=O) groups is 1. The van der Waals surface area contributed by atoms with Gasteiger partial charge in [0.15, 0.2) is 23.0 Å². The fourth-order valence-corrected chi connectivity index (χ4v) is 4.77. The zero-order valence-corrected chi connectivity index (χ0v) is 13.4. The van der Waals surface area contributed by atoms with E-state index in [1.54, 1.807) is 14.2 Å². The van der Waals surface area contributed by atoms with Gasteiger partial charge in [0.25, 0.3) is 0 Å². The van der Waals surface area contributed by atoms with Gasteiger partial charge in [-0.3, -0.25) is 4.79 Å². The van der Waals surface area contributed by atoms with Crippen molar-refractivity contribution < 1.29 is 19.4 Å². The van der Waals surface area contributed by atoms with E-state index in [0.717, 1.165) is 30.5 Å². The number of phenols is 1. The van der Waals surface area contributed by atoms with Gasteiger partial charge in [0.1, 0.15) is 0 Å².